The zero-order chi connectivity index (χ0) is 15.4. The van der Waals surface area contributed by atoms with Crippen LogP contribution in [0.1, 0.15) is 28.9 Å². The second kappa shape index (κ2) is 6.26. The van der Waals surface area contributed by atoms with Gasteiger partial charge in [0.1, 0.15) is 5.75 Å². The summed E-state index contributed by atoms with van der Waals surface area (Å²) in [4.78, 5) is 18.3. The van der Waals surface area contributed by atoms with Gasteiger partial charge in [-0.1, -0.05) is 0 Å². The molecule has 1 aromatic carbocycles. The van der Waals surface area contributed by atoms with Gasteiger partial charge in [0.2, 0.25) is 0 Å². The lowest BCUT2D eigenvalue weighted by molar-refractivity contribution is 0.0739. The number of benzene rings is 1. The van der Waals surface area contributed by atoms with Gasteiger partial charge in [-0.15, -0.1) is 0 Å². The number of ether oxygens (including phenoxy) is 1. The van der Waals surface area contributed by atoms with Gasteiger partial charge in [0.05, 0.1) is 18.7 Å². The summed E-state index contributed by atoms with van der Waals surface area (Å²) in [5, 5.41) is 0. The minimum Gasteiger partial charge on any atom is -0.496 e. The van der Waals surface area contributed by atoms with Crippen molar-refractivity contribution in [2.75, 3.05) is 19.9 Å². The molecule has 5 heteroatoms. The maximum atomic E-state index is 12.7. The zero-order valence-electron chi connectivity index (χ0n) is 12.4. The largest absolute Gasteiger partial charge is 0.496 e. The van der Waals surface area contributed by atoms with E-state index in [1.807, 2.05) is 19.1 Å². The quantitative estimate of drug-likeness (QED) is 0.876. The van der Waals surface area contributed by atoms with Gasteiger partial charge in [0, 0.05) is 25.1 Å². The Morgan fingerprint density at radius 2 is 1.95 bits per heavy atom. The van der Waals surface area contributed by atoms with E-state index in [1.54, 1.807) is 42.5 Å². The van der Waals surface area contributed by atoms with E-state index >= 15 is 0 Å². The fourth-order valence-electron chi connectivity index (χ4n) is 2.12. The molecule has 5 nitrogen and oxygen atoms in total. The number of methoxy groups -OCH3 is 1. The summed E-state index contributed by atoms with van der Waals surface area (Å²) in [6.07, 6.45) is 3.43. The van der Waals surface area contributed by atoms with Crippen LogP contribution in [0.2, 0.25) is 0 Å². The van der Waals surface area contributed by atoms with Crippen LogP contribution >= 0.6 is 0 Å². The van der Waals surface area contributed by atoms with Crippen LogP contribution < -0.4 is 10.5 Å². The first-order valence-corrected chi connectivity index (χ1v) is 6.65. The highest BCUT2D eigenvalue weighted by Crippen LogP contribution is 2.26. The molecule has 1 amide bonds. The molecule has 1 aromatic heterocycles. The third-order valence-electron chi connectivity index (χ3n) is 3.54. The van der Waals surface area contributed by atoms with Crippen LogP contribution in [0.25, 0.3) is 0 Å². The molecule has 21 heavy (non-hydrogen) atoms. The lowest BCUT2D eigenvalue weighted by atomic mass is 10.1. The molecule has 0 aliphatic heterocycles. The van der Waals surface area contributed by atoms with E-state index in [0.717, 1.165) is 5.56 Å². The predicted octanol–water partition coefficient (Wildman–Crippen LogP) is 2.51. The Morgan fingerprint density at radius 1 is 1.29 bits per heavy atom. The van der Waals surface area contributed by atoms with Gasteiger partial charge in [-0.25, -0.2) is 0 Å². The minimum atomic E-state index is -0.136. The molecule has 2 N–H and O–H groups in total. The number of nitrogens with zero attached hydrogens (tertiary/aromatic N) is 2. The van der Waals surface area contributed by atoms with Gasteiger partial charge in [-0.05, 0) is 42.8 Å². The number of pyridine rings is 1. The number of amides is 1. The second-order valence-electron chi connectivity index (χ2n) is 4.83. The molecule has 2 rings (SSSR count). The highest BCUT2D eigenvalue weighted by Gasteiger charge is 2.22. The number of nitrogens with two attached hydrogens (primary N) is 1. The molecule has 0 radical (unpaired) electrons. The second-order valence-corrected chi connectivity index (χ2v) is 4.83. The average molecular weight is 285 g/mol. The molecule has 0 saturated carbocycles. The molecule has 0 fully saturated rings. The molecule has 1 heterocycles. The first-order chi connectivity index (χ1) is 10.0. The first-order valence-electron chi connectivity index (χ1n) is 6.65. The summed E-state index contributed by atoms with van der Waals surface area (Å²) in [5.41, 5.74) is 7.78. The fourth-order valence-corrected chi connectivity index (χ4v) is 2.12. The van der Waals surface area contributed by atoms with E-state index in [2.05, 4.69) is 4.98 Å². The number of carbonyl (C=O) groups is 1. The number of aromatic nitrogens is 1. The monoisotopic (exact) mass is 285 g/mol. The summed E-state index contributed by atoms with van der Waals surface area (Å²) in [6.45, 7) is 1.96. The topological polar surface area (TPSA) is 68.5 Å². The average Bonchev–Trinajstić information content (AvgIpc) is 2.53. The molecule has 0 bridgehead atoms. The fraction of sp³-hybridized carbons (Fsp3) is 0.250. The maximum absolute atomic E-state index is 12.7. The number of hydrogen-bond acceptors (Lipinski definition) is 4. The molecule has 0 spiro atoms. The van der Waals surface area contributed by atoms with Crippen LogP contribution in [-0.4, -0.2) is 29.9 Å². The number of hydrogen-bond donors (Lipinski definition) is 1. The van der Waals surface area contributed by atoms with Gasteiger partial charge in [0.25, 0.3) is 5.91 Å². The molecule has 2 aromatic rings. The molecule has 1 atom stereocenters. The first kappa shape index (κ1) is 14.8. The van der Waals surface area contributed by atoms with Crippen molar-refractivity contribution in [1.29, 1.82) is 0 Å². The molecule has 110 valence electrons. The SMILES string of the molecule is COc1ccc(N)cc1C(=O)N(C)C(C)c1ccncc1. The van der Waals surface area contributed by atoms with Crippen molar-refractivity contribution < 1.29 is 9.53 Å². The van der Waals surface area contributed by atoms with Crippen LogP contribution in [0.3, 0.4) is 0 Å². The van der Waals surface area contributed by atoms with Crippen LogP contribution in [0.4, 0.5) is 5.69 Å². The Kier molecular flexibility index (Phi) is 4.42. The van der Waals surface area contributed by atoms with Gasteiger partial charge < -0.3 is 15.4 Å². The molecular formula is C16H19N3O2. The van der Waals surface area contributed by atoms with E-state index in [4.69, 9.17) is 10.5 Å². The van der Waals surface area contributed by atoms with Crippen molar-refractivity contribution in [2.24, 2.45) is 0 Å². The van der Waals surface area contributed by atoms with Crippen LogP contribution in [0.5, 0.6) is 5.75 Å². The van der Waals surface area contributed by atoms with Crippen LogP contribution in [0.15, 0.2) is 42.7 Å². The Morgan fingerprint density at radius 3 is 2.57 bits per heavy atom. The molecule has 0 saturated heterocycles. The van der Waals surface area contributed by atoms with Crippen molar-refractivity contribution >= 4 is 11.6 Å². The van der Waals surface area contributed by atoms with Gasteiger partial charge in [-0.3, -0.25) is 9.78 Å². The Hall–Kier alpha value is -2.56. The van der Waals surface area contributed by atoms with Gasteiger partial charge in [0.15, 0.2) is 0 Å². The van der Waals surface area contributed by atoms with Gasteiger partial charge in [-0.2, -0.15) is 0 Å². The number of rotatable bonds is 4. The highest BCUT2D eigenvalue weighted by molar-refractivity contribution is 5.97. The summed E-state index contributed by atoms with van der Waals surface area (Å²) < 4.78 is 5.24. The Labute approximate surface area is 124 Å². The zero-order valence-corrected chi connectivity index (χ0v) is 12.4. The van der Waals surface area contributed by atoms with E-state index in [9.17, 15) is 4.79 Å². The lowest BCUT2D eigenvalue weighted by Gasteiger charge is -2.26. The molecular weight excluding hydrogens is 266 g/mol. The number of nitrogen functional groups attached to an aromatic ring is 1. The Bertz CT molecular complexity index is 629. The third-order valence-corrected chi connectivity index (χ3v) is 3.54. The lowest BCUT2D eigenvalue weighted by Crippen LogP contribution is -2.30. The van der Waals surface area contributed by atoms with E-state index in [-0.39, 0.29) is 11.9 Å². The van der Waals surface area contributed by atoms with Crippen LogP contribution in [-0.2, 0) is 0 Å². The summed E-state index contributed by atoms with van der Waals surface area (Å²) in [6, 6.07) is 8.76. The molecule has 0 aliphatic carbocycles. The minimum absolute atomic E-state index is 0.0772. The standard InChI is InChI=1S/C16H19N3O2/c1-11(12-6-8-18-9-7-12)19(2)16(20)14-10-13(17)4-5-15(14)21-3/h4-11H,17H2,1-3H3. The summed E-state index contributed by atoms with van der Waals surface area (Å²) in [7, 11) is 3.30. The maximum Gasteiger partial charge on any atom is 0.257 e. The molecule has 1 unspecified atom stereocenters. The normalized spacial score (nSPS) is 11.8. The van der Waals surface area contributed by atoms with Crippen molar-refractivity contribution in [3.05, 3.63) is 53.9 Å². The van der Waals surface area contributed by atoms with E-state index < -0.39 is 0 Å². The van der Waals surface area contributed by atoms with E-state index in [0.29, 0.717) is 17.0 Å². The number of anilines is 1. The van der Waals surface area contributed by atoms with Crippen molar-refractivity contribution in [3.8, 4) is 5.75 Å². The number of carbonyl (C=O) groups excluding carboxylic acids is 1. The smallest absolute Gasteiger partial charge is 0.257 e. The molecule has 0 aliphatic rings. The summed E-state index contributed by atoms with van der Waals surface area (Å²) >= 11 is 0. The third kappa shape index (κ3) is 3.13. The van der Waals surface area contributed by atoms with E-state index in [1.165, 1.54) is 7.11 Å². The summed E-state index contributed by atoms with van der Waals surface area (Å²) in [5.74, 6) is 0.381. The van der Waals surface area contributed by atoms with Crippen LogP contribution in [0, 0.1) is 0 Å². The van der Waals surface area contributed by atoms with Crippen molar-refractivity contribution in [2.45, 2.75) is 13.0 Å². The Balaban J connectivity index is 2.29. The highest BCUT2D eigenvalue weighted by atomic mass is 16.5. The van der Waals surface area contributed by atoms with Crippen molar-refractivity contribution in [1.82, 2.24) is 9.88 Å². The predicted molar refractivity (Wildman–Crippen MR) is 82.2 cm³/mol. The van der Waals surface area contributed by atoms with Crippen molar-refractivity contribution in [3.63, 3.8) is 0 Å². The van der Waals surface area contributed by atoms with Gasteiger partial charge >= 0.3 is 0 Å².